The molecule has 13 heavy (non-hydrogen) atoms. The molecule has 0 aromatic heterocycles. The third-order valence-corrected chi connectivity index (χ3v) is 0. The second-order valence-corrected chi connectivity index (χ2v) is 3.73. The molecule has 0 aliphatic carbocycles. The third-order valence-electron chi connectivity index (χ3n) is 0. The minimum atomic E-state index is 0. The van der Waals surface area contributed by atoms with Crippen molar-refractivity contribution in [3.63, 3.8) is 0 Å². The number of rotatable bonds is 0. The Morgan fingerprint density at radius 2 is 0.769 bits per heavy atom. The van der Waals surface area contributed by atoms with E-state index in [4.69, 9.17) is 0 Å². The summed E-state index contributed by atoms with van der Waals surface area (Å²) >= 11 is 17.1. The van der Waals surface area contributed by atoms with Crippen molar-refractivity contribution in [2.45, 2.75) is 0 Å². The van der Waals surface area contributed by atoms with Gasteiger partial charge in [-0.25, -0.2) is 0 Å². The van der Waals surface area contributed by atoms with Gasteiger partial charge in [0, 0.05) is 0 Å². The molecular formula is C4H14Cl4KNNaO2+. The Kier molecular flexibility index (Phi) is 57.3. The summed E-state index contributed by atoms with van der Waals surface area (Å²) in [7, 11) is 8.50. The van der Waals surface area contributed by atoms with Crippen molar-refractivity contribution in [1.82, 2.24) is 0 Å². The number of quaternary nitrogens is 1. The zero-order valence-corrected chi connectivity index (χ0v) is 9.80. The van der Waals surface area contributed by atoms with E-state index in [2.05, 4.69) is 83.3 Å². The fourth-order valence-corrected chi connectivity index (χ4v) is 0. The molecule has 0 aliphatic rings. The Morgan fingerprint density at radius 3 is 0.769 bits per heavy atom. The van der Waals surface area contributed by atoms with E-state index in [1.807, 2.05) is 0 Å². The summed E-state index contributed by atoms with van der Waals surface area (Å²) in [6.07, 6.45) is 0. The zero-order valence-electron chi connectivity index (χ0n) is 6.78. The molecule has 0 saturated heterocycles. The maximum absolute atomic E-state index is 4.26. The summed E-state index contributed by atoms with van der Waals surface area (Å²) in [5, 5.41) is 0. The van der Waals surface area contributed by atoms with E-state index in [0.29, 0.717) is 0 Å². The van der Waals surface area contributed by atoms with Gasteiger partial charge in [-0.1, -0.05) is 0 Å². The van der Waals surface area contributed by atoms with Gasteiger partial charge < -0.3 is 4.48 Å². The summed E-state index contributed by atoms with van der Waals surface area (Å²) in [4.78, 5) is 0. The van der Waals surface area contributed by atoms with E-state index < -0.39 is 0 Å². The van der Waals surface area contributed by atoms with Crippen molar-refractivity contribution in [1.29, 1.82) is 0 Å². The fraction of sp³-hybridized carbons (Fsp3) is 1.00. The molecule has 0 aliphatic heterocycles. The summed E-state index contributed by atoms with van der Waals surface area (Å²) in [6.45, 7) is 0. The molecule has 0 aromatic rings. The molecule has 0 atom stereocenters. The number of halogens is 4. The molecule has 0 unspecified atom stereocenters. The Hall–Kier alpha value is 3.68. The SMILES string of the molecule is C[N+](C)(C)C.ClOCl.ClOCl.[KH].[NaH]. The Balaban J connectivity index is -0.0000000240. The molecule has 0 rings (SSSR count). The fourth-order valence-electron chi connectivity index (χ4n) is 0. The average molecular weight is 312 g/mol. The van der Waals surface area contributed by atoms with Gasteiger partial charge in [0.15, 0.2) is 0 Å². The Morgan fingerprint density at radius 1 is 0.769 bits per heavy atom. The van der Waals surface area contributed by atoms with E-state index in [-0.39, 0.29) is 80.9 Å². The molecule has 0 saturated carbocycles. The van der Waals surface area contributed by atoms with E-state index in [0.717, 1.165) is 4.48 Å². The van der Waals surface area contributed by atoms with Crippen LogP contribution in [0.25, 0.3) is 0 Å². The predicted molar refractivity (Wildman–Crippen MR) is 63.8 cm³/mol. The molecule has 0 amide bonds. The summed E-state index contributed by atoms with van der Waals surface area (Å²) in [5.41, 5.74) is 0. The van der Waals surface area contributed by atoms with Crippen LogP contribution < -0.4 is 0 Å². The summed E-state index contributed by atoms with van der Waals surface area (Å²) < 4.78 is 7.39. The Bertz CT molecular complexity index is 60.6. The van der Waals surface area contributed by atoms with Gasteiger partial charge in [0.1, 0.15) is 0 Å². The van der Waals surface area contributed by atoms with E-state index in [9.17, 15) is 0 Å². The van der Waals surface area contributed by atoms with Crippen molar-refractivity contribution < 1.29 is 12.2 Å². The number of hydrogen-bond donors (Lipinski definition) is 0. The van der Waals surface area contributed by atoms with Crippen LogP contribution in [0.2, 0.25) is 0 Å². The molecule has 0 N–H and O–H groups in total. The molecule has 76 valence electrons. The maximum atomic E-state index is 4.26. The molecule has 0 aromatic carbocycles. The van der Waals surface area contributed by atoms with Crippen molar-refractivity contribution in [3.8, 4) is 0 Å². The van der Waals surface area contributed by atoms with Gasteiger partial charge in [-0.05, 0) is 0 Å². The van der Waals surface area contributed by atoms with Gasteiger partial charge in [0.25, 0.3) is 0 Å². The molecular weight excluding hydrogens is 298 g/mol. The topological polar surface area (TPSA) is 18.5 Å². The van der Waals surface area contributed by atoms with Gasteiger partial charge in [0.05, 0.1) is 75.7 Å². The summed E-state index contributed by atoms with van der Waals surface area (Å²) in [6, 6.07) is 0. The first-order chi connectivity index (χ1) is 4.83. The van der Waals surface area contributed by atoms with Gasteiger partial charge in [-0.15, -0.1) is 0 Å². The first-order valence-electron chi connectivity index (χ1n) is 2.41. The molecule has 3 nitrogen and oxygen atoms in total. The Labute approximate surface area is 165 Å². The molecule has 0 spiro atoms. The van der Waals surface area contributed by atoms with Gasteiger partial charge in [-0.3, -0.25) is 0 Å². The van der Waals surface area contributed by atoms with Crippen molar-refractivity contribution in [3.05, 3.63) is 0 Å². The second kappa shape index (κ2) is 24.8. The quantitative estimate of drug-likeness (QED) is 0.500. The van der Waals surface area contributed by atoms with Crippen LogP contribution in [0.5, 0.6) is 0 Å². The van der Waals surface area contributed by atoms with E-state index >= 15 is 0 Å². The van der Waals surface area contributed by atoms with Crippen molar-refractivity contribution >= 4 is 128 Å². The molecule has 9 heteroatoms. The minimum absolute atomic E-state index is 0. The molecule has 0 heterocycles. The van der Waals surface area contributed by atoms with Crippen molar-refractivity contribution in [2.24, 2.45) is 0 Å². The molecule has 0 fully saturated rings. The van der Waals surface area contributed by atoms with Gasteiger partial charge >= 0.3 is 80.9 Å². The van der Waals surface area contributed by atoms with Crippen LogP contribution in [-0.4, -0.2) is 114 Å². The monoisotopic (exact) mass is 310 g/mol. The van der Waals surface area contributed by atoms with Crippen LogP contribution in [-0.2, 0) is 7.68 Å². The zero-order chi connectivity index (χ0) is 9.91. The third kappa shape index (κ3) is 217. The van der Waals surface area contributed by atoms with Crippen LogP contribution in [0.15, 0.2) is 0 Å². The van der Waals surface area contributed by atoms with Crippen LogP contribution in [0.1, 0.15) is 0 Å². The predicted octanol–water partition coefficient (Wildman–Crippen LogP) is 1.65. The number of nitrogens with zero attached hydrogens (tertiary/aromatic N) is 1. The first-order valence-corrected chi connectivity index (χ1v) is 3.64. The van der Waals surface area contributed by atoms with E-state index in [1.54, 1.807) is 0 Å². The first kappa shape index (κ1) is 30.1. The average Bonchev–Trinajstić information content (AvgIpc) is 1.62. The van der Waals surface area contributed by atoms with Crippen molar-refractivity contribution in [2.75, 3.05) is 28.2 Å². The van der Waals surface area contributed by atoms with Crippen LogP contribution in [0.3, 0.4) is 0 Å². The van der Waals surface area contributed by atoms with Crippen LogP contribution >= 0.6 is 47.5 Å². The number of hydrogen-bond acceptors (Lipinski definition) is 2. The second-order valence-electron chi connectivity index (χ2n) is 2.80. The van der Waals surface area contributed by atoms with Gasteiger partial charge in [-0.2, -0.15) is 7.68 Å². The van der Waals surface area contributed by atoms with E-state index in [1.165, 1.54) is 0 Å². The van der Waals surface area contributed by atoms with Gasteiger partial charge in [0.2, 0.25) is 0 Å². The van der Waals surface area contributed by atoms with Crippen LogP contribution in [0.4, 0.5) is 0 Å². The molecule has 0 radical (unpaired) electrons. The standard InChI is InChI=1S/C4H12N.2Cl2O.K.Na.2H/c1-5(2,3)4;2*1-3-2;;;;/h1-4H3;;;;;;/q+1;;;;;;. The molecule has 0 bridgehead atoms. The summed E-state index contributed by atoms with van der Waals surface area (Å²) in [5.74, 6) is 0. The normalized spacial score (nSPS) is 7.38. The van der Waals surface area contributed by atoms with Crippen LogP contribution in [0, 0.1) is 0 Å².